The Morgan fingerprint density at radius 2 is 1.78 bits per heavy atom. The molecular formula is C22H20ClFN2O5S. The van der Waals surface area contributed by atoms with Crippen LogP contribution in [0.15, 0.2) is 70.7 Å². The van der Waals surface area contributed by atoms with Crippen LogP contribution in [0.5, 0.6) is 17.2 Å². The van der Waals surface area contributed by atoms with Gasteiger partial charge in [0.25, 0.3) is 10.0 Å². The number of nitrogens with one attached hydrogen (secondary N) is 1. The summed E-state index contributed by atoms with van der Waals surface area (Å²) in [6, 6.07) is 15.3. The standard InChI is InChI=1S/C22H20ClFN2O5S/c1-29-18-8-10-21(30-2)22(12-18)32(27,28)26-25-13-16-11-17(23)7-9-20(16)31-14-15-5-3-4-6-19(15)24/h3-13,26H,14H2,1-2H3/b25-13-. The molecule has 7 nitrogen and oxygen atoms in total. The lowest BCUT2D eigenvalue weighted by Gasteiger charge is -2.11. The maximum absolute atomic E-state index is 13.8. The molecule has 0 saturated carbocycles. The molecule has 0 radical (unpaired) electrons. The number of hydrogen-bond donors (Lipinski definition) is 1. The zero-order chi connectivity index (χ0) is 23.1. The number of ether oxygens (including phenoxy) is 3. The number of benzene rings is 3. The van der Waals surface area contributed by atoms with Crippen LogP contribution in [0.4, 0.5) is 4.39 Å². The van der Waals surface area contributed by atoms with E-state index in [1.807, 2.05) is 0 Å². The van der Waals surface area contributed by atoms with Gasteiger partial charge in [-0.3, -0.25) is 0 Å². The molecule has 1 N–H and O–H groups in total. The highest BCUT2D eigenvalue weighted by atomic mass is 35.5. The Morgan fingerprint density at radius 1 is 1.03 bits per heavy atom. The van der Waals surface area contributed by atoms with Crippen LogP contribution in [0.25, 0.3) is 0 Å². The van der Waals surface area contributed by atoms with Crippen molar-refractivity contribution in [3.63, 3.8) is 0 Å². The van der Waals surface area contributed by atoms with E-state index in [4.69, 9.17) is 25.8 Å². The van der Waals surface area contributed by atoms with Crippen molar-refractivity contribution in [3.05, 3.63) is 82.6 Å². The van der Waals surface area contributed by atoms with Crippen LogP contribution in [-0.2, 0) is 16.6 Å². The first kappa shape index (κ1) is 23.4. The lowest BCUT2D eigenvalue weighted by Crippen LogP contribution is -2.19. The lowest BCUT2D eigenvalue weighted by atomic mass is 10.2. The zero-order valence-electron chi connectivity index (χ0n) is 17.2. The van der Waals surface area contributed by atoms with Gasteiger partial charge < -0.3 is 14.2 Å². The molecule has 32 heavy (non-hydrogen) atoms. The second kappa shape index (κ2) is 10.3. The number of rotatable bonds is 9. The number of hydrazone groups is 1. The van der Waals surface area contributed by atoms with E-state index < -0.39 is 15.8 Å². The summed E-state index contributed by atoms with van der Waals surface area (Å²) < 4.78 is 55.2. The van der Waals surface area contributed by atoms with Crippen molar-refractivity contribution in [2.45, 2.75) is 11.5 Å². The molecule has 0 aliphatic carbocycles. The maximum Gasteiger partial charge on any atom is 0.280 e. The van der Waals surface area contributed by atoms with Gasteiger partial charge in [-0.05, 0) is 36.4 Å². The van der Waals surface area contributed by atoms with Gasteiger partial charge in [-0.15, -0.1) is 0 Å². The maximum atomic E-state index is 13.8. The molecule has 0 saturated heterocycles. The fraction of sp³-hybridized carbons (Fsp3) is 0.136. The van der Waals surface area contributed by atoms with E-state index in [-0.39, 0.29) is 17.3 Å². The third kappa shape index (κ3) is 5.68. The Morgan fingerprint density at radius 3 is 2.50 bits per heavy atom. The predicted octanol–water partition coefficient (Wildman–Crippen LogP) is 4.39. The monoisotopic (exact) mass is 478 g/mol. The van der Waals surface area contributed by atoms with Crippen LogP contribution in [0.3, 0.4) is 0 Å². The van der Waals surface area contributed by atoms with Gasteiger partial charge in [-0.2, -0.15) is 18.4 Å². The number of nitrogens with zero attached hydrogens (tertiary/aromatic N) is 1. The first-order valence-electron chi connectivity index (χ1n) is 9.26. The minimum atomic E-state index is -4.07. The third-order valence-electron chi connectivity index (χ3n) is 4.35. The van der Waals surface area contributed by atoms with Crippen molar-refractivity contribution in [1.29, 1.82) is 0 Å². The largest absolute Gasteiger partial charge is 0.497 e. The molecule has 10 heteroatoms. The van der Waals surface area contributed by atoms with Gasteiger partial charge in [0.05, 0.1) is 20.4 Å². The number of sulfonamides is 1. The molecule has 3 aromatic rings. The molecule has 0 amide bonds. The molecule has 0 aromatic heterocycles. The first-order valence-corrected chi connectivity index (χ1v) is 11.1. The van der Waals surface area contributed by atoms with E-state index in [0.717, 1.165) is 0 Å². The molecule has 168 valence electrons. The van der Waals surface area contributed by atoms with Gasteiger partial charge in [0.15, 0.2) is 0 Å². The second-order valence-electron chi connectivity index (χ2n) is 6.43. The van der Waals surface area contributed by atoms with Crippen LogP contribution in [-0.4, -0.2) is 28.9 Å². The van der Waals surface area contributed by atoms with E-state index in [1.165, 1.54) is 38.6 Å². The predicted molar refractivity (Wildman–Crippen MR) is 120 cm³/mol. The molecule has 0 aliphatic heterocycles. The highest BCUT2D eigenvalue weighted by Crippen LogP contribution is 2.28. The van der Waals surface area contributed by atoms with E-state index in [2.05, 4.69) is 9.93 Å². The van der Waals surface area contributed by atoms with Gasteiger partial charge in [-0.25, -0.2) is 4.39 Å². The Kier molecular flexibility index (Phi) is 7.55. The van der Waals surface area contributed by atoms with Gasteiger partial charge >= 0.3 is 0 Å². The highest BCUT2D eigenvalue weighted by Gasteiger charge is 2.20. The van der Waals surface area contributed by atoms with Crippen molar-refractivity contribution in [2.24, 2.45) is 5.10 Å². The fourth-order valence-corrected chi connectivity index (χ4v) is 3.89. The molecular weight excluding hydrogens is 459 g/mol. The van der Waals surface area contributed by atoms with Gasteiger partial charge in [-0.1, -0.05) is 29.8 Å². The summed E-state index contributed by atoms with van der Waals surface area (Å²) in [6.07, 6.45) is 1.24. The molecule has 0 aliphatic rings. The summed E-state index contributed by atoms with van der Waals surface area (Å²) in [4.78, 5) is 1.99. The molecule has 0 atom stereocenters. The number of hydrogen-bond acceptors (Lipinski definition) is 6. The fourth-order valence-electron chi connectivity index (χ4n) is 2.73. The van der Waals surface area contributed by atoms with Crippen molar-refractivity contribution in [2.75, 3.05) is 14.2 Å². The highest BCUT2D eigenvalue weighted by molar-refractivity contribution is 7.89. The van der Waals surface area contributed by atoms with E-state index in [0.29, 0.717) is 27.6 Å². The van der Waals surface area contributed by atoms with Crippen molar-refractivity contribution < 1.29 is 27.0 Å². The summed E-state index contributed by atoms with van der Waals surface area (Å²) in [6.45, 7) is -0.0259. The first-order chi connectivity index (χ1) is 15.3. The average Bonchev–Trinajstić information content (AvgIpc) is 2.79. The van der Waals surface area contributed by atoms with Gasteiger partial charge in [0.2, 0.25) is 0 Å². The van der Waals surface area contributed by atoms with Gasteiger partial charge in [0.1, 0.15) is 34.6 Å². The van der Waals surface area contributed by atoms with Crippen molar-refractivity contribution >= 4 is 27.8 Å². The van der Waals surface area contributed by atoms with Gasteiger partial charge in [0, 0.05) is 22.2 Å². The minimum Gasteiger partial charge on any atom is -0.497 e. The second-order valence-corrected chi connectivity index (χ2v) is 8.50. The average molecular weight is 479 g/mol. The Balaban J connectivity index is 1.80. The summed E-state index contributed by atoms with van der Waals surface area (Å²) in [7, 11) is -1.29. The molecule has 3 rings (SSSR count). The lowest BCUT2D eigenvalue weighted by molar-refractivity contribution is 0.299. The summed E-state index contributed by atoms with van der Waals surface area (Å²) in [5, 5.41) is 4.21. The molecule has 3 aromatic carbocycles. The van der Waals surface area contributed by atoms with Crippen LogP contribution < -0.4 is 19.0 Å². The molecule has 0 bridgehead atoms. The van der Waals surface area contributed by atoms with E-state index >= 15 is 0 Å². The Labute approximate surface area is 190 Å². The molecule has 0 fully saturated rings. The number of methoxy groups -OCH3 is 2. The summed E-state index contributed by atoms with van der Waals surface area (Å²) in [5.74, 6) is 0.426. The van der Waals surface area contributed by atoms with Crippen LogP contribution in [0.2, 0.25) is 5.02 Å². The van der Waals surface area contributed by atoms with Crippen LogP contribution in [0, 0.1) is 5.82 Å². The third-order valence-corrected chi connectivity index (χ3v) is 5.83. The normalized spacial score (nSPS) is 11.4. The van der Waals surface area contributed by atoms with Crippen molar-refractivity contribution in [1.82, 2.24) is 4.83 Å². The van der Waals surface area contributed by atoms with E-state index in [1.54, 1.807) is 42.5 Å². The molecule has 0 unspecified atom stereocenters. The zero-order valence-corrected chi connectivity index (χ0v) is 18.8. The summed E-state index contributed by atoms with van der Waals surface area (Å²) in [5.41, 5.74) is 0.769. The quantitative estimate of drug-likeness (QED) is 0.364. The topological polar surface area (TPSA) is 86.2 Å². The smallest absolute Gasteiger partial charge is 0.280 e. The van der Waals surface area contributed by atoms with Crippen LogP contribution in [0.1, 0.15) is 11.1 Å². The van der Waals surface area contributed by atoms with E-state index in [9.17, 15) is 12.8 Å². The Hall–Kier alpha value is -3.30. The number of halogens is 2. The molecule has 0 heterocycles. The SMILES string of the molecule is COc1ccc(OC)c(S(=O)(=O)N/N=C\c2cc(Cl)ccc2OCc2ccccc2F)c1. The minimum absolute atomic E-state index is 0.0259. The van der Waals surface area contributed by atoms with Crippen molar-refractivity contribution in [3.8, 4) is 17.2 Å². The molecule has 0 spiro atoms. The summed E-state index contributed by atoms with van der Waals surface area (Å²) >= 11 is 6.05. The van der Waals surface area contributed by atoms with Crippen LogP contribution >= 0.6 is 11.6 Å². The Bertz CT molecular complexity index is 1230.